The summed E-state index contributed by atoms with van der Waals surface area (Å²) in [6.45, 7) is 7.93. The first-order valence-corrected chi connectivity index (χ1v) is 6.83. The van der Waals surface area contributed by atoms with Gasteiger partial charge < -0.3 is 4.74 Å². The van der Waals surface area contributed by atoms with Gasteiger partial charge in [-0.1, -0.05) is 25.5 Å². The lowest BCUT2D eigenvalue weighted by Gasteiger charge is -2.51. The summed E-state index contributed by atoms with van der Waals surface area (Å²) in [5.41, 5.74) is -0.333. The van der Waals surface area contributed by atoms with Crippen molar-refractivity contribution in [1.82, 2.24) is 0 Å². The number of rotatable bonds is 3. The van der Waals surface area contributed by atoms with E-state index < -0.39 is 0 Å². The van der Waals surface area contributed by atoms with E-state index >= 15 is 0 Å². The number of carbonyl (C=O) groups is 1. The Bertz CT molecular complexity index is 330. The van der Waals surface area contributed by atoms with Gasteiger partial charge in [0.05, 0.1) is 0 Å². The van der Waals surface area contributed by atoms with E-state index in [2.05, 4.69) is 32.9 Å². The summed E-state index contributed by atoms with van der Waals surface area (Å²) in [7, 11) is 0. The molecule has 1 saturated carbocycles. The first kappa shape index (κ1) is 12.7. The van der Waals surface area contributed by atoms with Gasteiger partial charge in [-0.05, 0) is 44.4 Å². The molecule has 3 rings (SSSR count). The van der Waals surface area contributed by atoms with Gasteiger partial charge in [-0.2, -0.15) is 0 Å². The zero-order valence-electron chi connectivity index (χ0n) is 11.4. The van der Waals surface area contributed by atoms with E-state index in [0.717, 1.165) is 0 Å². The molecule has 0 spiro atoms. The first-order valence-electron chi connectivity index (χ1n) is 6.83. The molecule has 0 aromatic rings. The van der Waals surface area contributed by atoms with E-state index in [4.69, 9.17) is 4.74 Å². The van der Waals surface area contributed by atoms with Gasteiger partial charge in [0.15, 0.2) is 0 Å². The van der Waals surface area contributed by atoms with Crippen LogP contribution in [-0.2, 0) is 9.53 Å². The molecule has 0 heterocycles. The Morgan fingerprint density at radius 2 is 1.88 bits per heavy atom. The van der Waals surface area contributed by atoms with Gasteiger partial charge in [-0.3, -0.25) is 4.79 Å². The maximum absolute atomic E-state index is 11.3. The topological polar surface area (TPSA) is 26.3 Å². The Kier molecular flexibility index (Phi) is 3.33. The number of carbonyl (C=O) groups excluding carboxylic acids is 1. The third-order valence-corrected chi connectivity index (χ3v) is 4.59. The lowest BCUT2D eigenvalue weighted by atomic mass is 9.57. The third kappa shape index (κ3) is 2.27. The van der Waals surface area contributed by atoms with E-state index in [1.54, 1.807) is 0 Å². The normalized spacial score (nSPS) is 36.0. The van der Waals surface area contributed by atoms with Crippen LogP contribution in [0.2, 0.25) is 0 Å². The number of fused-ring (bicyclic) bond motifs is 2. The van der Waals surface area contributed by atoms with Gasteiger partial charge >= 0.3 is 5.97 Å². The molecule has 4 unspecified atom stereocenters. The number of ether oxygens (including phenoxy) is 1. The molecule has 3 aliphatic rings. The molecule has 17 heavy (non-hydrogen) atoms. The van der Waals surface area contributed by atoms with Crippen LogP contribution in [0.25, 0.3) is 0 Å². The van der Waals surface area contributed by atoms with Crippen LogP contribution in [0.1, 0.15) is 47.0 Å². The maximum atomic E-state index is 11.3. The third-order valence-electron chi connectivity index (χ3n) is 4.59. The fourth-order valence-corrected chi connectivity index (χ4v) is 4.13. The highest BCUT2D eigenvalue weighted by Gasteiger charge is 2.48. The highest BCUT2D eigenvalue weighted by Crippen LogP contribution is 2.51. The minimum Gasteiger partial charge on any atom is -0.460 e. The summed E-state index contributed by atoms with van der Waals surface area (Å²) in [6, 6.07) is 0. The summed E-state index contributed by atoms with van der Waals surface area (Å²) < 4.78 is 5.59. The second-order valence-electron chi connectivity index (χ2n) is 6.08. The predicted octanol–water partition coefficient (Wildman–Crippen LogP) is 3.57. The predicted molar refractivity (Wildman–Crippen MR) is 68.5 cm³/mol. The number of allylic oxidation sites excluding steroid dienone is 2. The van der Waals surface area contributed by atoms with Crippen LogP contribution in [0, 0.1) is 23.7 Å². The lowest BCUT2D eigenvalue weighted by Crippen LogP contribution is -2.49. The molecule has 2 heteroatoms. The minimum atomic E-state index is -0.333. The van der Waals surface area contributed by atoms with Gasteiger partial charge in [0, 0.05) is 12.8 Å². The minimum absolute atomic E-state index is 0.157. The molecule has 0 aromatic carbocycles. The molecule has 0 N–H and O–H groups in total. The van der Waals surface area contributed by atoms with Crippen molar-refractivity contribution in [2.45, 2.75) is 52.6 Å². The van der Waals surface area contributed by atoms with E-state index in [-0.39, 0.29) is 11.6 Å². The Hall–Kier alpha value is -0.790. The molecular weight excluding hydrogens is 212 g/mol. The number of hydrogen-bond donors (Lipinski definition) is 0. The molecule has 4 atom stereocenters. The molecule has 0 amide bonds. The highest BCUT2D eigenvalue weighted by molar-refractivity contribution is 5.66. The summed E-state index contributed by atoms with van der Waals surface area (Å²) in [4.78, 5) is 11.3. The zero-order chi connectivity index (χ0) is 12.6. The second-order valence-corrected chi connectivity index (χ2v) is 6.08. The van der Waals surface area contributed by atoms with Gasteiger partial charge in [0.1, 0.15) is 5.60 Å². The van der Waals surface area contributed by atoms with Gasteiger partial charge in [-0.25, -0.2) is 0 Å². The molecule has 0 radical (unpaired) electrons. The molecule has 0 aliphatic heterocycles. The SMILES string of the molecule is CCC1C2C=CC(CC2)C1C(C)(C)OC(C)=O. The number of esters is 1. The summed E-state index contributed by atoms with van der Waals surface area (Å²) in [5.74, 6) is 2.30. The summed E-state index contributed by atoms with van der Waals surface area (Å²) in [6.07, 6.45) is 8.50. The van der Waals surface area contributed by atoms with Crippen LogP contribution in [0.3, 0.4) is 0 Å². The molecular formula is C15H24O2. The van der Waals surface area contributed by atoms with Crippen molar-refractivity contribution < 1.29 is 9.53 Å². The molecule has 3 aliphatic carbocycles. The van der Waals surface area contributed by atoms with Crippen molar-refractivity contribution in [3.63, 3.8) is 0 Å². The van der Waals surface area contributed by atoms with E-state index in [1.807, 2.05) is 0 Å². The van der Waals surface area contributed by atoms with E-state index in [1.165, 1.54) is 26.2 Å². The standard InChI is InChI=1S/C15H24O2/c1-5-13-11-6-8-12(9-7-11)14(13)15(3,4)17-10(2)16/h6,8,11-14H,5,7,9H2,1-4H3. The number of hydrogen-bond acceptors (Lipinski definition) is 2. The van der Waals surface area contributed by atoms with Crippen molar-refractivity contribution in [3.8, 4) is 0 Å². The van der Waals surface area contributed by atoms with Crippen LogP contribution >= 0.6 is 0 Å². The van der Waals surface area contributed by atoms with Crippen molar-refractivity contribution in [2.24, 2.45) is 23.7 Å². The molecule has 96 valence electrons. The van der Waals surface area contributed by atoms with Crippen LogP contribution in [0.5, 0.6) is 0 Å². The Labute approximate surface area is 104 Å². The second kappa shape index (κ2) is 4.47. The van der Waals surface area contributed by atoms with Crippen molar-refractivity contribution in [1.29, 1.82) is 0 Å². The van der Waals surface area contributed by atoms with Crippen molar-refractivity contribution >= 4 is 5.97 Å². The van der Waals surface area contributed by atoms with E-state index in [0.29, 0.717) is 23.7 Å². The average molecular weight is 236 g/mol. The first-order chi connectivity index (χ1) is 7.95. The smallest absolute Gasteiger partial charge is 0.303 e. The monoisotopic (exact) mass is 236 g/mol. The quantitative estimate of drug-likeness (QED) is 0.553. The van der Waals surface area contributed by atoms with Gasteiger partial charge in [0.2, 0.25) is 0 Å². The highest BCUT2D eigenvalue weighted by atomic mass is 16.6. The molecule has 0 saturated heterocycles. The Morgan fingerprint density at radius 3 is 2.35 bits per heavy atom. The fraction of sp³-hybridized carbons (Fsp3) is 0.800. The van der Waals surface area contributed by atoms with Crippen molar-refractivity contribution in [2.75, 3.05) is 0 Å². The average Bonchev–Trinajstić information content (AvgIpc) is 2.27. The summed E-state index contributed by atoms with van der Waals surface area (Å²) in [5, 5.41) is 0. The molecule has 2 bridgehead atoms. The molecule has 1 fully saturated rings. The maximum Gasteiger partial charge on any atom is 0.303 e. The van der Waals surface area contributed by atoms with E-state index in [9.17, 15) is 4.79 Å². The van der Waals surface area contributed by atoms with Crippen LogP contribution in [-0.4, -0.2) is 11.6 Å². The fourth-order valence-electron chi connectivity index (χ4n) is 4.13. The Morgan fingerprint density at radius 1 is 1.29 bits per heavy atom. The lowest BCUT2D eigenvalue weighted by molar-refractivity contribution is -0.167. The van der Waals surface area contributed by atoms with Gasteiger partial charge in [-0.15, -0.1) is 0 Å². The zero-order valence-corrected chi connectivity index (χ0v) is 11.4. The van der Waals surface area contributed by atoms with Crippen LogP contribution in [0.15, 0.2) is 12.2 Å². The summed E-state index contributed by atoms with van der Waals surface area (Å²) >= 11 is 0. The molecule has 2 nitrogen and oxygen atoms in total. The van der Waals surface area contributed by atoms with Gasteiger partial charge in [0.25, 0.3) is 0 Å². The van der Waals surface area contributed by atoms with Crippen LogP contribution in [0.4, 0.5) is 0 Å². The molecule has 0 aromatic heterocycles. The van der Waals surface area contributed by atoms with Crippen molar-refractivity contribution in [3.05, 3.63) is 12.2 Å². The largest absolute Gasteiger partial charge is 0.460 e. The van der Waals surface area contributed by atoms with Crippen LogP contribution < -0.4 is 0 Å². The Balaban J connectivity index is 2.24.